The van der Waals surface area contributed by atoms with Crippen LogP contribution in [0.25, 0.3) is 0 Å². The van der Waals surface area contributed by atoms with Crippen LogP contribution in [0.2, 0.25) is 0 Å². The number of rotatable bonds is 3. The Morgan fingerprint density at radius 3 is 2.67 bits per heavy atom. The van der Waals surface area contributed by atoms with Crippen molar-refractivity contribution in [3.8, 4) is 0 Å². The van der Waals surface area contributed by atoms with Gasteiger partial charge in [-0.1, -0.05) is 5.16 Å². The predicted octanol–water partition coefficient (Wildman–Crippen LogP) is -0.595. The molecule has 1 amide bonds. The Morgan fingerprint density at radius 1 is 1.56 bits per heavy atom. The number of hydrogen-bond acceptors (Lipinski definition) is 5. The summed E-state index contributed by atoms with van der Waals surface area (Å²) in [7, 11) is -3.40. The largest absolute Gasteiger partial charge is 0.409 e. The molecule has 1 aliphatic rings. The number of sulfone groups is 1. The number of piperidine rings is 1. The maximum Gasteiger partial charge on any atom is 0.240 e. The normalized spacial score (nSPS) is 23.8. The lowest BCUT2D eigenvalue weighted by atomic mass is 9.97. The van der Waals surface area contributed by atoms with E-state index in [9.17, 15) is 13.2 Å². The number of hydrogen-bond donors (Lipinski definition) is 2. The summed E-state index contributed by atoms with van der Waals surface area (Å²) in [6.07, 6.45) is 2.48. The van der Waals surface area contributed by atoms with Gasteiger partial charge in [0.15, 0.2) is 9.84 Å². The number of likely N-dealkylation sites (tertiary alicyclic amines) is 1. The van der Waals surface area contributed by atoms with Crippen molar-refractivity contribution < 1.29 is 18.4 Å². The van der Waals surface area contributed by atoms with Gasteiger partial charge in [0, 0.05) is 25.3 Å². The van der Waals surface area contributed by atoms with Gasteiger partial charge in [-0.25, -0.2) is 8.42 Å². The second-order valence-corrected chi connectivity index (χ2v) is 6.99. The highest BCUT2D eigenvalue weighted by Crippen LogP contribution is 2.18. The van der Waals surface area contributed by atoms with Gasteiger partial charge >= 0.3 is 0 Å². The van der Waals surface area contributed by atoms with Crippen LogP contribution in [0.1, 0.15) is 19.8 Å². The van der Waals surface area contributed by atoms with Crippen molar-refractivity contribution in [2.45, 2.75) is 25.0 Å². The topological polar surface area (TPSA) is 113 Å². The third-order valence-electron chi connectivity index (χ3n) is 3.26. The molecule has 1 fully saturated rings. The van der Waals surface area contributed by atoms with Gasteiger partial charge in [0.1, 0.15) is 11.1 Å². The Balaban J connectivity index is 2.76. The number of amidine groups is 1. The molecule has 104 valence electrons. The first-order valence-electron chi connectivity index (χ1n) is 5.72. The lowest BCUT2D eigenvalue weighted by Gasteiger charge is -2.33. The highest BCUT2D eigenvalue weighted by Gasteiger charge is 2.32. The van der Waals surface area contributed by atoms with E-state index in [1.807, 2.05) is 0 Å². The fourth-order valence-corrected chi connectivity index (χ4v) is 2.46. The molecule has 0 saturated carbocycles. The van der Waals surface area contributed by atoms with Crippen LogP contribution in [0.4, 0.5) is 0 Å². The Hall–Kier alpha value is -1.31. The van der Waals surface area contributed by atoms with Crippen molar-refractivity contribution in [2.75, 3.05) is 19.3 Å². The van der Waals surface area contributed by atoms with E-state index in [4.69, 9.17) is 10.9 Å². The fourth-order valence-electron chi connectivity index (χ4n) is 1.94. The van der Waals surface area contributed by atoms with Gasteiger partial charge < -0.3 is 15.8 Å². The van der Waals surface area contributed by atoms with Crippen LogP contribution in [0, 0.1) is 5.92 Å². The quantitative estimate of drug-likeness (QED) is 0.310. The second-order valence-electron chi connectivity index (χ2n) is 4.62. The summed E-state index contributed by atoms with van der Waals surface area (Å²) >= 11 is 0. The molecular formula is C10H19N3O4S. The molecule has 1 aliphatic heterocycles. The zero-order valence-electron chi connectivity index (χ0n) is 10.5. The molecule has 0 radical (unpaired) electrons. The Labute approximate surface area is 107 Å². The Bertz CT molecular complexity index is 446. The average Bonchev–Trinajstić information content (AvgIpc) is 2.35. The highest BCUT2D eigenvalue weighted by atomic mass is 32.2. The van der Waals surface area contributed by atoms with Crippen LogP contribution >= 0.6 is 0 Å². The van der Waals surface area contributed by atoms with Gasteiger partial charge in [-0.2, -0.15) is 0 Å². The molecule has 0 aromatic heterocycles. The molecule has 1 heterocycles. The first-order chi connectivity index (χ1) is 8.27. The molecule has 3 N–H and O–H groups in total. The van der Waals surface area contributed by atoms with Crippen molar-refractivity contribution in [2.24, 2.45) is 16.8 Å². The highest BCUT2D eigenvalue weighted by molar-refractivity contribution is 7.92. The lowest BCUT2D eigenvalue weighted by molar-refractivity contribution is -0.131. The minimum Gasteiger partial charge on any atom is -0.409 e. The third kappa shape index (κ3) is 3.34. The number of amides is 1. The van der Waals surface area contributed by atoms with Crippen molar-refractivity contribution in [1.29, 1.82) is 0 Å². The molecule has 18 heavy (non-hydrogen) atoms. The Morgan fingerprint density at radius 2 is 2.17 bits per heavy atom. The molecule has 0 spiro atoms. The van der Waals surface area contributed by atoms with Crippen molar-refractivity contribution in [3.63, 3.8) is 0 Å². The monoisotopic (exact) mass is 277 g/mol. The SMILES string of the molecule is CC(C(=O)N1CCCC(C(N)=NO)C1)S(C)(=O)=O. The molecule has 1 saturated heterocycles. The van der Waals surface area contributed by atoms with Crippen LogP contribution in [-0.2, 0) is 14.6 Å². The molecule has 0 aromatic carbocycles. The minimum absolute atomic E-state index is 0.0829. The second kappa shape index (κ2) is 5.55. The summed E-state index contributed by atoms with van der Waals surface area (Å²) in [4.78, 5) is 13.5. The van der Waals surface area contributed by atoms with Crippen LogP contribution in [0.15, 0.2) is 5.16 Å². The van der Waals surface area contributed by atoms with Crippen molar-refractivity contribution >= 4 is 21.6 Å². The van der Waals surface area contributed by atoms with Gasteiger partial charge in [-0.15, -0.1) is 0 Å². The summed E-state index contributed by atoms with van der Waals surface area (Å²) in [6, 6.07) is 0. The maximum atomic E-state index is 12.0. The minimum atomic E-state index is -3.40. The Kier molecular flexibility index (Phi) is 4.55. The first-order valence-corrected chi connectivity index (χ1v) is 7.68. The molecule has 8 heteroatoms. The molecule has 2 atom stereocenters. The number of oxime groups is 1. The molecule has 0 bridgehead atoms. The molecule has 2 unspecified atom stereocenters. The molecule has 1 rings (SSSR count). The maximum absolute atomic E-state index is 12.0. The van der Waals surface area contributed by atoms with E-state index in [1.165, 1.54) is 11.8 Å². The predicted molar refractivity (Wildman–Crippen MR) is 67.0 cm³/mol. The average molecular weight is 277 g/mol. The number of carbonyl (C=O) groups excluding carboxylic acids is 1. The van der Waals surface area contributed by atoms with Crippen molar-refractivity contribution in [3.05, 3.63) is 0 Å². The van der Waals surface area contributed by atoms with Gasteiger partial charge in [0.05, 0.1) is 0 Å². The van der Waals surface area contributed by atoms with Gasteiger partial charge in [-0.05, 0) is 19.8 Å². The number of nitrogens with two attached hydrogens (primary N) is 1. The van der Waals surface area contributed by atoms with E-state index in [-0.39, 0.29) is 11.8 Å². The van der Waals surface area contributed by atoms with E-state index >= 15 is 0 Å². The number of carbonyl (C=O) groups is 1. The zero-order chi connectivity index (χ0) is 13.9. The summed E-state index contributed by atoms with van der Waals surface area (Å²) < 4.78 is 22.7. The fraction of sp³-hybridized carbons (Fsp3) is 0.800. The van der Waals surface area contributed by atoms with Crippen LogP contribution in [0.3, 0.4) is 0 Å². The summed E-state index contributed by atoms with van der Waals surface area (Å²) in [5, 5.41) is 10.5. The van der Waals surface area contributed by atoms with Gasteiger partial charge in [0.2, 0.25) is 5.91 Å². The summed E-state index contributed by atoms with van der Waals surface area (Å²) in [5.41, 5.74) is 5.52. The summed E-state index contributed by atoms with van der Waals surface area (Å²) in [6.45, 7) is 2.19. The van der Waals surface area contributed by atoms with Crippen molar-refractivity contribution in [1.82, 2.24) is 4.90 Å². The standard InChI is InChI=1S/C10H19N3O4S/c1-7(18(2,16)17)10(14)13-5-3-4-8(6-13)9(11)12-15/h7-8,15H,3-6H2,1-2H3,(H2,11,12). The molecular weight excluding hydrogens is 258 g/mol. The number of nitrogens with zero attached hydrogens (tertiary/aromatic N) is 2. The smallest absolute Gasteiger partial charge is 0.240 e. The van der Waals surface area contributed by atoms with E-state index in [1.54, 1.807) is 0 Å². The first kappa shape index (κ1) is 14.7. The third-order valence-corrected chi connectivity index (χ3v) is 4.74. The van der Waals surface area contributed by atoms with E-state index in [2.05, 4.69) is 5.16 Å². The summed E-state index contributed by atoms with van der Waals surface area (Å²) in [5.74, 6) is -0.549. The molecule has 7 nitrogen and oxygen atoms in total. The lowest BCUT2D eigenvalue weighted by Crippen LogP contribution is -2.48. The molecule has 0 aliphatic carbocycles. The van der Waals surface area contributed by atoms with E-state index in [0.717, 1.165) is 12.7 Å². The zero-order valence-corrected chi connectivity index (χ0v) is 11.4. The van der Waals surface area contributed by atoms with Gasteiger partial charge in [-0.3, -0.25) is 4.79 Å². The van der Waals surface area contributed by atoms with Crippen LogP contribution < -0.4 is 5.73 Å². The van der Waals surface area contributed by atoms with Crippen LogP contribution in [-0.4, -0.2) is 54.9 Å². The van der Waals surface area contributed by atoms with E-state index < -0.39 is 21.0 Å². The van der Waals surface area contributed by atoms with Crippen LogP contribution in [0.5, 0.6) is 0 Å². The molecule has 0 aromatic rings. The van der Waals surface area contributed by atoms with Gasteiger partial charge in [0.25, 0.3) is 0 Å². The van der Waals surface area contributed by atoms with E-state index in [0.29, 0.717) is 19.5 Å².